The van der Waals surface area contributed by atoms with Crippen molar-refractivity contribution in [1.29, 1.82) is 0 Å². The van der Waals surface area contributed by atoms with Crippen molar-refractivity contribution in [2.45, 2.75) is 32.8 Å². The zero-order chi connectivity index (χ0) is 9.56. The van der Waals surface area contributed by atoms with Crippen LogP contribution in [-0.4, -0.2) is 11.2 Å². The highest BCUT2D eigenvalue weighted by Crippen LogP contribution is 2.14. The first kappa shape index (κ1) is 12.2. The molecule has 0 radical (unpaired) electrons. The largest absolute Gasteiger partial charge is 0.389 e. The third-order valence-corrected chi connectivity index (χ3v) is 1.99. The Morgan fingerprint density at radius 3 is 2.67 bits per heavy atom. The zero-order valence-corrected chi connectivity index (χ0v) is 9.91. The van der Waals surface area contributed by atoms with Crippen LogP contribution >= 0.6 is 22.6 Å². The average Bonchev–Trinajstić information content (AvgIpc) is 1.84. The lowest BCUT2D eigenvalue weighted by Gasteiger charge is -2.11. The lowest BCUT2D eigenvalue weighted by molar-refractivity contribution is 0.191. The summed E-state index contributed by atoms with van der Waals surface area (Å²) in [5, 5.41) is 9.50. The first-order valence-corrected chi connectivity index (χ1v) is 5.27. The molecule has 1 N–H and O–H groups in total. The number of aliphatic hydroxyl groups is 1. The van der Waals surface area contributed by atoms with E-state index in [2.05, 4.69) is 36.1 Å². The van der Waals surface area contributed by atoms with Gasteiger partial charge in [0, 0.05) is 0 Å². The molecule has 0 aliphatic rings. The van der Waals surface area contributed by atoms with Gasteiger partial charge >= 0.3 is 0 Å². The van der Waals surface area contributed by atoms with E-state index in [1.807, 2.05) is 19.1 Å². The molecule has 0 bridgehead atoms. The predicted octanol–water partition coefficient (Wildman–Crippen LogP) is 3.29. The van der Waals surface area contributed by atoms with Crippen LogP contribution in [0.5, 0.6) is 0 Å². The summed E-state index contributed by atoms with van der Waals surface area (Å²) >= 11 is 2.21. The van der Waals surface area contributed by atoms with Crippen molar-refractivity contribution in [2.24, 2.45) is 5.92 Å². The standard InChI is InChI=1S/C10H17IO/c1-4-5-8(2)6-10(12)7-9(3)11/h4,7-8,10,12H,1,5-6H2,2-3H3/b9-7+/t8-,10-/m0/s1. The van der Waals surface area contributed by atoms with E-state index in [1.54, 1.807) is 0 Å². The zero-order valence-electron chi connectivity index (χ0n) is 7.76. The second kappa shape index (κ2) is 6.66. The van der Waals surface area contributed by atoms with Gasteiger partial charge in [0.25, 0.3) is 0 Å². The van der Waals surface area contributed by atoms with Crippen LogP contribution in [0.1, 0.15) is 26.7 Å². The Morgan fingerprint density at radius 2 is 2.25 bits per heavy atom. The summed E-state index contributed by atoms with van der Waals surface area (Å²) in [4.78, 5) is 0. The highest BCUT2D eigenvalue weighted by atomic mass is 127. The SMILES string of the molecule is C=CC[C@H](C)C[C@H](O)/C=C(\C)I. The molecule has 0 heterocycles. The fraction of sp³-hybridized carbons (Fsp3) is 0.600. The molecule has 0 amide bonds. The molecule has 0 unspecified atom stereocenters. The molecule has 1 nitrogen and oxygen atoms in total. The second-order valence-electron chi connectivity index (χ2n) is 3.19. The number of rotatable bonds is 5. The molecular weight excluding hydrogens is 263 g/mol. The minimum absolute atomic E-state index is 0.295. The number of hydrogen-bond acceptors (Lipinski definition) is 1. The minimum Gasteiger partial charge on any atom is -0.389 e. The number of aliphatic hydroxyl groups excluding tert-OH is 1. The van der Waals surface area contributed by atoms with Crippen molar-refractivity contribution < 1.29 is 5.11 Å². The maximum atomic E-state index is 9.50. The van der Waals surface area contributed by atoms with Gasteiger partial charge in [-0.2, -0.15) is 0 Å². The van der Waals surface area contributed by atoms with Crippen LogP contribution in [0, 0.1) is 5.92 Å². The van der Waals surface area contributed by atoms with Gasteiger partial charge in [-0.25, -0.2) is 0 Å². The molecule has 2 heteroatoms. The van der Waals surface area contributed by atoms with Gasteiger partial charge in [0.1, 0.15) is 0 Å². The Bertz CT molecular complexity index is 159. The van der Waals surface area contributed by atoms with Gasteiger partial charge in [0.05, 0.1) is 6.10 Å². The molecule has 0 aliphatic heterocycles. The van der Waals surface area contributed by atoms with Crippen LogP contribution in [0.15, 0.2) is 22.3 Å². The number of hydrogen-bond donors (Lipinski definition) is 1. The van der Waals surface area contributed by atoms with Crippen molar-refractivity contribution >= 4 is 22.6 Å². The van der Waals surface area contributed by atoms with E-state index >= 15 is 0 Å². The molecule has 0 fully saturated rings. The Morgan fingerprint density at radius 1 is 1.67 bits per heavy atom. The fourth-order valence-corrected chi connectivity index (χ4v) is 1.54. The maximum absolute atomic E-state index is 9.50. The summed E-state index contributed by atoms with van der Waals surface area (Å²) in [5.41, 5.74) is 0. The molecule has 0 aromatic carbocycles. The van der Waals surface area contributed by atoms with Crippen LogP contribution in [0.3, 0.4) is 0 Å². The molecule has 2 atom stereocenters. The first-order chi connectivity index (χ1) is 5.56. The van der Waals surface area contributed by atoms with Gasteiger partial charge in [0.15, 0.2) is 0 Å². The third-order valence-electron chi connectivity index (χ3n) is 1.63. The molecule has 0 spiro atoms. The number of allylic oxidation sites excluding steroid dienone is 2. The summed E-state index contributed by atoms with van der Waals surface area (Å²) in [6.07, 6.45) is 5.30. The van der Waals surface area contributed by atoms with E-state index in [0.29, 0.717) is 5.92 Å². The van der Waals surface area contributed by atoms with Gasteiger partial charge in [-0.15, -0.1) is 6.58 Å². The van der Waals surface area contributed by atoms with Gasteiger partial charge in [-0.3, -0.25) is 0 Å². The lowest BCUT2D eigenvalue weighted by Crippen LogP contribution is -2.08. The van der Waals surface area contributed by atoms with Crippen LogP contribution in [0.2, 0.25) is 0 Å². The molecule has 0 saturated carbocycles. The highest BCUT2D eigenvalue weighted by Gasteiger charge is 2.06. The second-order valence-corrected chi connectivity index (χ2v) is 4.89. The fourth-order valence-electron chi connectivity index (χ4n) is 1.13. The topological polar surface area (TPSA) is 20.2 Å². The summed E-state index contributed by atoms with van der Waals surface area (Å²) in [6.45, 7) is 7.78. The van der Waals surface area contributed by atoms with Crippen LogP contribution in [-0.2, 0) is 0 Å². The Hall–Kier alpha value is 0.170. The molecule has 0 aliphatic carbocycles. The van der Waals surface area contributed by atoms with Gasteiger partial charge in [-0.1, -0.05) is 13.0 Å². The third kappa shape index (κ3) is 6.85. The van der Waals surface area contributed by atoms with E-state index in [-0.39, 0.29) is 6.10 Å². The van der Waals surface area contributed by atoms with Gasteiger partial charge in [-0.05, 0) is 57.9 Å². The van der Waals surface area contributed by atoms with Crippen molar-refractivity contribution in [1.82, 2.24) is 0 Å². The average molecular weight is 280 g/mol. The van der Waals surface area contributed by atoms with E-state index in [1.165, 1.54) is 0 Å². The molecule has 0 saturated heterocycles. The van der Waals surface area contributed by atoms with Crippen molar-refractivity contribution in [3.8, 4) is 0 Å². The molecule has 0 aromatic heterocycles. The Kier molecular flexibility index (Phi) is 6.76. The molecule has 70 valence electrons. The molecule has 12 heavy (non-hydrogen) atoms. The highest BCUT2D eigenvalue weighted by molar-refractivity contribution is 14.1. The van der Waals surface area contributed by atoms with Crippen LogP contribution < -0.4 is 0 Å². The van der Waals surface area contributed by atoms with E-state index in [4.69, 9.17) is 0 Å². The first-order valence-electron chi connectivity index (χ1n) is 4.19. The lowest BCUT2D eigenvalue weighted by atomic mass is 10.00. The van der Waals surface area contributed by atoms with Crippen molar-refractivity contribution in [3.05, 3.63) is 22.3 Å². The monoisotopic (exact) mass is 280 g/mol. The summed E-state index contributed by atoms with van der Waals surface area (Å²) < 4.78 is 1.14. The molecule has 0 aromatic rings. The van der Waals surface area contributed by atoms with Crippen molar-refractivity contribution in [3.63, 3.8) is 0 Å². The predicted molar refractivity (Wildman–Crippen MR) is 62.4 cm³/mol. The van der Waals surface area contributed by atoms with Crippen LogP contribution in [0.25, 0.3) is 0 Å². The summed E-state index contributed by atoms with van der Waals surface area (Å²) in [6, 6.07) is 0. The normalized spacial score (nSPS) is 17.2. The Labute approximate surface area is 88.7 Å². The van der Waals surface area contributed by atoms with Crippen molar-refractivity contribution in [2.75, 3.05) is 0 Å². The van der Waals surface area contributed by atoms with E-state index < -0.39 is 0 Å². The van der Waals surface area contributed by atoms with Crippen LogP contribution in [0.4, 0.5) is 0 Å². The Balaban J connectivity index is 3.75. The van der Waals surface area contributed by atoms with Gasteiger partial charge < -0.3 is 5.11 Å². The summed E-state index contributed by atoms with van der Waals surface area (Å²) in [7, 11) is 0. The molecular formula is C10H17IO. The molecule has 0 rings (SSSR count). The smallest absolute Gasteiger partial charge is 0.0733 e. The van der Waals surface area contributed by atoms with E-state index in [0.717, 1.165) is 16.4 Å². The number of halogens is 1. The van der Waals surface area contributed by atoms with E-state index in [9.17, 15) is 5.11 Å². The minimum atomic E-state index is -0.295. The maximum Gasteiger partial charge on any atom is 0.0733 e. The summed E-state index contributed by atoms with van der Waals surface area (Å²) in [5.74, 6) is 0.518. The quantitative estimate of drug-likeness (QED) is 0.605. The van der Waals surface area contributed by atoms with Gasteiger partial charge in [0.2, 0.25) is 0 Å².